The second-order valence-electron chi connectivity index (χ2n) is 4.48. The number of hydrogen-bond donors (Lipinski definition) is 1. The summed E-state index contributed by atoms with van der Waals surface area (Å²) in [5.41, 5.74) is 0. The van der Waals surface area contributed by atoms with E-state index in [9.17, 15) is 4.79 Å². The summed E-state index contributed by atoms with van der Waals surface area (Å²) in [6.45, 7) is 2.73. The van der Waals surface area contributed by atoms with Crippen LogP contribution < -0.4 is 15.0 Å². The standard InChI is InChI=1S/C12H22N6O2/c1-6-7-20-12-15-10(13-2)14-11(16-12)18(5)8-9(19)17(3)4/h6-8H2,1-5H3,(H,13,14,15,16). The molecule has 0 fully saturated rings. The molecule has 1 N–H and O–H groups in total. The molecule has 1 rings (SSSR count). The molecule has 0 unspecified atom stereocenters. The topological polar surface area (TPSA) is 83.5 Å². The molecule has 8 heteroatoms. The van der Waals surface area contributed by atoms with Gasteiger partial charge in [-0.15, -0.1) is 0 Å². The normalized spacial score (nSPS) is 10.1. The Balaban J connectivity index is 2.89. The molecule has 1 aromatic rings. The van der Waals surface area contributed by atoms with Gasteiger partial charge < -0.3 is 19.9 Å². The summed E-state index contributed by atoms with van der Waals surface area (Å²) in [7, 11) is 6.88. The lowest BCUT2D eigenvalue weighted by molar-refractivity contribution is -0.127. The van der Waals surface area contributed by atoms with E-state index >= 15 is 0 Å². The van der Waals surface area contributed by atoms with Crippen molar-refractivity contribution in [1.29, 1.82) is 0 Å². The van der Waals surface area contributed by atoms with Crippen LogP contribution in [0.4, 0.5) is 11.9 Å². The average Bonchev–Trinajstić information content (AvgIpc) is 2.44. The summed E-state index contributed by atoms with van der Waals surface area (Å²) >= 11 is 0. The fourth-order valence-corrected chi connectivity index (χ4v) is 1.30. The fourth-order valence-electron chi connectivity index (χ4n) is 1.30. The van der Waals surface area contributed by atoms with Crippen LogP contribution in [0.1, 0.15) is 13.3 Å². The van der Waals surface area contributed by atoms with Crippen LogP contribution in [0.2, 0.25) is 0 Å². The number of nitrogens with one attached hydrogen (secondary N) is 1. The molecule has 0 bridgehead atoms. The van der Waals surface area contributed by atoms with E-state index in [2.05, 4.69) is 20.3 Å². The second kappa shape index (κ2) is 7.46. The van der Waals surface area contributed by atoms with Gasteiger partial charge in [0, 0.05) is 28.2 Å². The Morgan fingerprint density at radius 1 is 1.25 bits per heavy atom. The molecular weight excluding hydrogens is 260 g/mol. The zero-order chi connectivity index (χ0) is 15.1. The highest BCUT2D eigenvalue weighted by Gasteiger charge is 2.14. The first-order chi connectivity index (χ1) is 9.47. The molecule has 0 atom stereocenters. The average molecular weight is 282 g/mol. The lowest BCUT2D eigenvalue weighted by Crippen LogP contribution is -2.35. The minimum absolute atomic E-state index is 0.0325. The quantitative estimate of drug-likeness (QED) is 0.766. The van der Waals surface area contributed by atoms with E-state index < -0.39 is 0 Å². The number of amides is 1. The van der Waals surface area contributed by atoms with E-state index in [1.165, 1.54) is 4.90 Å². The number of carbonyl (C=O) groups is 1. The zero-order valence-corrected chi connectivity index (χ0v) is 12.7. The number of aromatic nitrogens is 3. The molecule has 1 aromatic heterocycles. The summed E-state index contributed by atoms with van der Waals surface area (Å²) in [5, 5.41) is 2.85. The van der Waals surface area contributed by atoms with Crippen molar-refractivity contribution in [3.63, 3.8) is 0 Å². The van der Waals surface area contributed by atoms with Crippen LogP contribution in [0.5, 0.6) is 6.01 Å². The van der Waals surface area contributed by atoms with E-state index in [4.69, 9.17) is 4.74 Å². The third-order valence-electron chi connectivity index (χ3n) is 2.47. The van der Waals surface area contributed by atoms with Crippen LogP contribution in [0.15, 0.2) is 0 Å². The third-order valence-corrected chi connectivity index (χ3v) is 2.47. The van der Waals surface area contributed by atoms with Crippen LogP contribution in [0.25, 0.3) is 0 Å². The van der Waals surface area contributed by atoms with E-state index in [0.29, 0.717) is 18.5 Å². The molecule has 0 saturated heterocycles. The fraction of sp³-hybridized carbons (Fsp3) is 0.667. The van der Waals surface area contributed by atoms with Crippen molar-refractivity contribution >= 4 is 17.8 Å². The van der Waals surface area contributed by atoms with Gasteiger partial charge in [-0.2, -0.15) is 15.0 Å². The van der Waals surface area contributed by atoms with Gasteiger partial charge in [0.2, 0.25) is 17.8 Å². The van der Waals surface area contributed by atoms with Crippen molar-refractivity contribution in [2.24, 2.45) is 0 Å². The molecule has 0 saturated carbocycles. The maximum Gasteiger partial charge on any atom is 0.323 e. The van der Waals surface area contributed by atoms with Gasteiger partial charge in [0.15, 0.2) is 0 Å². The van der Waals surface area contributed by atoms with Gasteiger partial charge in [0.25, 0.3) is 0 Å². The molecule has 0 aliphatic heterocycles. The molecule has 1 amide bonds. The van der Waals surface area contributed by atoms with Crippen LogP contribution in [0.3, 0.4) is 0 Å². The lowest BCUT2D eigenvalue weighted by Gasteiger charge is -2.19. The van der Waals surface area contributed by atoms with Crippen LogP contribution in [-0.2, 0) is 4.79 Å². The molecular formula is C12H22N6O2. The van der Waals surface area contributed by atoms with Crippen molar-refractivity contribution in [1.82, 2.24) is 19.9 Å². The Labute approximate surface area is 119 Å². The van der Waals surface area contributed by atoms with E-state index in [-0.39, 0.29) is 18.5 Å². The second-order valence-corrected chi connectivity index (χ2v) is 4.48. The van der Waals surface area contributed by atoms with Gasteiger partial charge in [-0.3, -0.25) is 4.79 Å². The monoisotopic (exact) mass is 282 g/mol. The van der Waals surface area contributed by atoms with Gasteiger partial charge in [0.05, 0.1) is 13.2 Å². The van der Waals surface area contributed by atoms with Gasteiger partial charge in [-0.25, -0.2) is 0 Å². The molecule has 0 aromatic carbocycles. The van der Waals surface area contributed by atoms with Crippen LogP contribution in [0, 0.1) is 0 Å². The summed E-state index contributed by atoms with van der Waals surface area (Å²) in [6.07, 6.45) is 0.866. The third kappa shape index (κ3) is 4.52. The van der Waals surface area contributed by atoms with Gasteiger partial charge in [-0.1, -0.05) is 6.92 Å². The van der Waals surface area contributed by atoms with E-state index in [0.717, 1.165) is 6.42 Å². The Hall–Kier alpha value is -2.12. The van der Waals surface area contributed by atoms with Crippen molar-refractivity contribution < 1.29 is 9.53 Å². The Morgan fingerprint density at radius 2 is 1.95 bits per heavy atom. The molecule has 0 spiro atoms. The zero-order valence-electron chi connectivity index (χ0n) is 12.7. The van der Waals surface area contributed by atoms with Crippen molar-refractivity contribution in [3.8, 4) is 6.01 Å². The predicted molar refractivity (Wildman–Crippen MR) is 77.1 cm³/mol. The van der Waals surface area contributed by atoms with E-state index in [1.807, 2.05) is 6.92 Å². The number of carbonyl (C=O) groups excluding carboxylic acids is 1. The van der Waals surface area contributed by atoms with Crippen molar-refractivity contribution in [2.45, 2.75) is 13.3 Å². The maximum atomic E-state index is 11.7. The summed E-state index contributed by atoms with van der Waals surface area (Å²) in [5.74, 6) is 0.769. The molecule has 0 radical (unpaired) electrons. The SMILES string of the molecule is CCCOc1nc(NC)nc(N(C)CC(=O)N(C)C)n1. The lowest BCUT2D eigenvalue weighted by atomic mass is 10.5. The molecule has 8 nitrogen and oxygen atoms in total. The summed E-state index contributed by atoms with van der Waals surface area (Å²) in [4.78, 5) is 27.4. The molecule has 0 aliphatic carbocycles. The molecule has 0 aliphatic rings. The number of rotatable bonds is 7. The Morgan fingerprint density at radius 3 is 2.50 bits per heavy atom. The summed E-state index contributed by atoms with van der Waals surface area (Å²) < 4.78 is 5.42. The number of anilines is 2. The summed E-state index contributed by atoms with van der Waals surface area (Å²) in [6, 6.07) is 0.255. The Kier molecular flexibility index (Phi) is 5.95. The first kappa shape index (κ1) is 15.9. The highest BCUT2D eigenvalue weighted by atomic mass is 16.5. The molecule has 1 heterocycles. The molecule has 112 valence electrons. The Bertz CT molecular complexity index is 452. The van der Waals surface area contributed by atoms with Crippen molar-refractivity contribution in [3.05, 3.63) is 0 Å². The van der Waals surface area contributed by atoms with Crippen LogP contribution in [-0.4, -0.2) is 67.1 Å². The van der Waals surface area contributed by atoms with Gasteiger partial charge >= 0.3 is 6.01 Å². The van der Waals surface area contributed by atoms with Gasteiger partial charge in [0.1, 0.15) is 0 Å². The van der Waals surface area contributed by atoms with Gasteiger partial charge in [-0.05, 0) is 6.42 Å². The highest BCUT2D eigenvalue weighted by Crippen LogP contribution is 2.13. The largest absolute Gasteiger partial charge is 0.463 e. The highest BCUT2D eigenvalue weighted by molar-refractivity contribution is 5.80. The first-order valence-corrected chi connectivity index (χ1v) is 6.45. The maximum absolute atomic E-state index is 11.7. The molecule has 20 heavy (non-hydrogen) atoms. The van der Waals surface area contributed by atoms with Crippen molar-refractivity contribution in [2.75, 3.05) is 51.6 Å². The van der Waals surface area contributed by atoms with E-state index in [1.54, 1.807) is 33.1 Å². The van der Waals surface area contributed by atoms with Crippen LogP contribution >= 0.6 is 0 Å². The minimum Gasteiger partial charge on any atom is -0.463 e. The number of hydrogen-bond acceptors (Lipinski definition) is 7. The number of nitrogens with zero attached hydrogens (tertiary/aromatic N) is 5. The predicted octanol–water partition coefficient (Wildman–Crippen LogP) is 0.227. The smallest absolute Gasteiger partial charge is 0.323 e. The number of ether oxygens (including phenoxy) is 1. The number of likely N-dealkylation sites (N-methyl/N-ethyl adjacent to an activating group) is 2. The minimum atomic E-state index is -0.0325. The first-order valence-electron chi connectivity index (χ1n) is 6.45.